The standard InChI is InChI=1S/C13H28N2.C3H9N.C2H6/c1-12(2)9-11(7-8-15(5)6)10-13(3,4)14-12;1-4(2)3;1-2/h11,14H,7-10H2,1-6H3;1-3H3;1-2H3. The minimum atomic E-state index is 0.304. The predicted octanol–water partition coefficient (Wildman–Crippen LogP) is 3.70. The molecule has 130 valence electrons. The molecule has 0 amide bonds. The van der Waals surface area contributed by atoms with Crippen molar-refractivity contribution in [3.63, 3.8) is 0 Å². The van der Waals surface area contributed by atoms with Crippen molar-refractivity contribution in [3.8, 4) is 0 Å². The highest BCUT2D eigenvalue weighted by Gasteiger charge is 2.37. The van der Waals surface area contributed by atoms with Crippen LogP contribution in [0.4, 0.5) is 0 Å². The molecule has 0 radical (unpaired) electrons. The summed E-state index contributed by atoms with van der Waals surface area (Å²) in [4.78, 5) is 4.29. The van der Waals surface area contributed by atoms with E-state index in [0.717, 1.165) is 5.92 Å². The van der Waals surface area contributed by atoms with Crippen molar-refractivity contribution in [3.05, 3.63) is 0 Å². The monoisotopic (exact) mass is 301 g/mol. The molecule has 0 aromatic carbocycles. The van der Waals surface area contributed by atoms with Crippen LogP contribution < -0.4 is 5.32 Å². The van der Waals surface area contributed by atoms with Crippen LogP contribution in [0, 0.1) is 5.92 Å². The van der Waals surface area contributed by atoms with Crippen molar-refractivity contribution in [1.29, 1.82) is 0 Å². The molecule has 0 aromatic heterocycles. The Bertz CT molecular complexity index is 226. The number of rotatable bonds is 3. The average molecular weight is 302 g/mol. The van der Waals surface area contributed by atoms with Gasteiger partial charge in [-0.15, -0.1) is 0 Å². The topological polar surface area (TPSA) is 18.5 Å². The number of nitrogens with zero attached hydrogens (tertiary/aromatic N) is 2. The van der Waals surface area contributed by atoms with E-state index in [9.17, 15) is 0 Å². The molecule has 0 aromatic rings. The van der Waals surface area contributed by atoms with Crippen LogP contribution in [0.1, 0.15) is 60.8 Å². The minimum absolute atomic E-state index is 0.304. The highest BCUT2D eigenvalue weighted by atomic mass is 15.1. The smallest absolute Gasteiger partial charge is 0.0132 e. The largest absolute Gasteiger partial charge is 0.312 e. The van der Waals surface area contributed by atoms with Gasteiger partial charge in [0.15, 0.2) is 0 Å². The molecule has 21 heavy (non-hydrogen) atoms. The number of piperidine rings is 1. The van der Waals surface area contributed by atoms with Gasteiger partial charge >= 0.3 is 0 Å². The van der Waals surface area contributed by atoms with E-state index in [1.165, 1.54) is 25.8 Å². The molecule has 1 rings (SSSR count). The zero-order valence-electron chi connectivity index (χ0n) is 16.8. The van der Waals surface area contributed by atoms with E-state index in [0.29, 0.717) is 11.1 Å². The third-order valence-corrected chi connectivity index (χ3v) is 3.26. The summed E-state index contributed by atoms with van der Waals surface area (Å²) in [6.45, 7) is 14.5. The maximum Gasteiger partial charge on any atom is 0.0132 e. The van der Waals surface area contributed by atoms with Crippen LogP contribution in [0.25, 0.3) is 0 Å². The van der Waals surface area contributed by atoms with Crippen molar-refractivity contribution in [2.45, 2.75) is 71.9 Å². The van der Waals surface area contributed by atoms with E-state index < -0.39 is 0 Å². The van der Waals surface area contributed by atoms with Gasteiger partial charge in [-0.25, -0.2) is 0 Å². The van der Waals surface area contributed by atoms with Crippen LogP contribution in [-0.2, 0) is 0 Å². The number of nitrogens with one attached hydrogen (secondary N) is 1. The fourth-order valence-electron chi connectivity index (χ4n) is 3.18. The first-order chi connectivity index (χ1) is 9.43. The Morgan fingerprint density at radius 1 is 0.857 bits per heavy atom. The fourth-order valence-corrected chi connectivity index (χ4v) is 3.18. The number of hydrogen-bond donors (Lipinski definition) is 1. The Kier molecular flexibility index (Phi) is 11.7. The normalized spacial score (nSPS) is 20.4. The molecule has 0 atom stereocenters. The molecule has 0 aliphatic carbocycles. The lowest BCUT2D eigenvalue weighted by molar-refractivity contribution is 0.118. The number of hydrogen-bond acceptors (Lipinski definition) is 3. The first kappa shape index (κ1) is 23.2. The zero-order chi connectivity index (χ0) is 17.3. The Hall–Kier alpha value is -0.120. The van der Waals surface area contributed by atoms with Gasteiger partial charge in [0.25, 0.3) is 0 Å². The molecule has 1 N–H and O–H groups in total. The van der Waals surface area contributed by atoms with Crippen molar-refractivity contribution in [2.75, 3.05) is 41.8 Å². The summed E-state index contributed by atoms with van der Waals surface area (Å²) in [7, 11) is 10.3. The van der Waals surface area contributed by atoms with Crippen LogP contribution >= 0.6 is 0 Å². The van der Waals surface area contributed by atoms with Gasteiger partial charge in [0.05, 0.1) is 0 Å². The van der Waals surface area contributed by atoms with Gasteiger partial charge in [-0.2, -0.15) is 0 Å². The average Bonchev–Trinajstić information content (AvgIpc) is 2.24. The van der Waals surface area contributed by atoms with Gasteiger partial charge in [-0.05, 0) is 94.7 Å². The molecule has 1 aliphatic rings. The van der Waals surface area contributed by atoms with Gasteiger partial charge in [0, 0.05) is 11.1 Å². The third-order valence-electron chi connectivity index (χ3n) is 3.26. The zero-order valence-corrected chi connectivity index (χ0v) is 16.8. The molecule has 1 saturated heterocycles. The van der Waals surface area contributed by atoms with Crippen LogP contribution in [0.5, 0.6) is 0 Å². The molecule has 1 aliphatic heterocycles. The molecule has 0 saturated carbocycles. The first-order valence-electron chi connectivity index (χ1n) is 8.48. The lowest BCUT2D eigenvalue weighted by atomic mass is 9.74. The maximum absolute atomic E-state index is 3.74. The second-order valence-electron chi connectivity index (χ2n) is 8.10. The Labute approximate surface area is 135 Å². The van der Waals surface area contributed by atoms with E-state index in [1.54, 1.807) is 0 Å². The van der Waals surface area contributed by atoms with Crippen LogP contribution in [0.2, 0.25) is 0 Å². The van der Waals surface area contributed by atoms with Gasteiger partial charge in [0.1, 0.15) is 0 Å². The molecule has 0 unspecified atom stereocenters. The van der Waals surface area contributed by atoms with Crippen LogP contribution in [0.3, 0.4) is 0 Å². The van der Waals surface area contributed by atoms with Crippen molar-refractivity contribution >= 4 is 0 Å². The minimum Gasteiger partial charge on any atom is -0.312 e. The Morgan fingerprint density at radius 3 is 1.48 bits per heavy atom. The second-order valence-corrected chi connectivity index (χ2v) is 8.10. The van der Waals surface area contributed by atoms with E-state index in [4.69, 9.17) is 0 Å². The second kappa shape index (κ2) is 10.6. The lowest BCUT2D eigenvalue weighted by Crippen LogP contribution is -2.57. The summed E-state index contributed by atoms with van der Waals surface area (Å²) in [5, 5.41) is 3.74. The summed E-state index contributed by atoms with van der Waals surface area (Å²) in [6.07, 6.45) is 3.95. The molecular weight excluding hydrogens is 258 g/mol. The molecular formula is C18H43N3. The van der Waals surface area contributed by atoms with E-state index in [-0.39, 0.29) is 0 Å². The molecule has 3 heteroatoms. The molecule has 1 heterocycles. The fraction of sp³-hybridized carbons (Fsp3) is 1.00. The SMILES string of the molecule is CC.CN(C)C.CN(C)CCC1CC(C)(C)NC(C)(C)C1. The quantitative estimate of drug-likeness (QED) is 0.857. The highest BCUT2D eigenvalue weighted by Crippen LogP contribution is 2.34. The molecule has 0 bridgehead atoms. The summed E-state index contributed by atoms with van der Waals surface area (Å²) >= 11 is 0. The van der Waals surface area contributed by atoms with Gasteiger partial charge in [0.2, 0.25) is 0 Å². The van der Waals surface area contributed by atoms with Gasteiger partial charge in [-0.3, -0.25) is 0 Å². The molecule has 0 spiro atoms. The van der Waals surface area contributed by atoms with Crippen molar-refractivity contribution < 1.29 is 0 Å². The molecule has 3 nitrogen and oxygen atoms in total. The maximum atomic E-state index is 3.74. The van der Waals surface area contributed by atoms with Gasteiger partial charge in [-0.1, -0.05) is 13.8 Å². The van der Waals surface area contributed by atoms with Crippen molar-refractivity contribution in [1.82, 2.24) is 15.1 Å². The summed E-state index contributed by atoms with van der Waals surface area (Å²) in [5.41, 5.74) is 0.609. The van der Waals surface area contributed by atoms with Crippen molar-refractivity contribution in [2.24, 2.45) is 5.92 Å². The van der Waals surface area contributed by atoms with Gasteiger partial charge < -0.3 is 15.1 Å². The van der Waals surface area contributed by atoms with E-state index >= 15 is 0 Å². The predicted molar refractivity (Wildman–Crippen MR) is 98.1 cm³/mol. The van der Waals surface area contributed by atoms with Crippen LogP contribution in [0.15, 0.2) is 0 Å². The Morgan fingerprint density at radius 2 is 1.19 bits per heavy atom. The highest BCUT2D eigenvalue weighted by molar-refractivity contribution is 4.96. The third kappa shape index (κ3) is 14.6. The van der Waals surface area contributed by atoms with Crippen LogP contribution in [-0.4, -0.2) is 62.7 Å². The molecule has 1 fully saturated rings. The summed E-state index contributed by atoms with van der Waals surface area (Å²) in [5.74, 6) is 0.874. The van der Waals surface area contributed by atoms with E-state index in [2.05, 4.69) is 52.0 Å². The lowest BCUT2D eigenvalue weighted by Gasteiger charge is -2.46. The first-order valence-corrected chi connectivity index (χ1v) is 8.48. The Balaban J connectivity index is 0. The summed E-state index contributed by atoms with van der Waals surface area (Å²) in [6, 6.07) is 0. The summed E-state index contributed by atoms with van der Waals surface area (Å²) < 4.78 is 0. The van der Waals surface area contributed by atoms with E-state index in [1.807, 2.05) is 39.9 Å².